The molecule has 0 radical (unpaired) electrons. The molecule has 0 aliphatic heterocycles. The second-order valence-electron chi connectivity index (χ2n) is 4.72. The molecule has 2 aromatic carbocycles. The van der Waals surface area contributed by atoms with Gasteiger partial charge in [-0.25, -0.2) is 9.59 Å². The van der Waals surface area contributed by atoms with Crippen molar-refractivity contribution in [2.45, 2.75) is 0 Å². The van der Waals surface area contributed by atoms with E-state index in [2.05, 4.69) is 0 Å². The summed E-state index contributed by atoms with van der Waals surface area (Å²) in [6.07, 6.45) is 0. The van der Waals surface area contributed by atoms with Gasteiger partial charge in [0.15, 0.2) is 11.6 Å². The van der Waals surface area contributed by atoms with Gasteiger partial charge in [-0.05, 0) is 12.1 Å². The van der Waals surface area contributed by atoms with Crippen LogP contribution in [0.2, 0.25) is 0 Å². The maximum atomic E-state index is 12.5. The van der Waals surface area contributed by atoms with Crippen LogP contribution < -0.4 is 0 Å². The van der Waals surface area contributed by atoms with Crippen molar-refractivity contribution < 1.29 is 29.4 Å². The Hall–Kier alpha value is -3.28. The number of carbonyl (C=O) groups excluding carboxylic acids is 2. The molecule has 0 unspecified atom stereocenters. The van der Waals surface area contributed by atoms with Crippen LogP contribution >= 0.6 is 0 Å². The fourth-order valence-electron chi connectivity index (χ4n) is 2.58. The van der Waals surface area contributed by atoms with Gasteiger partial charge in [0.2, 0.25) is 0 Å². The van der Waals surface area contributed by atoms with E-state index in [1.54, 1.807) is 12.1 Å². The lowest BCUT2D eigenvalue weighted by Crippen LogP contribution is -2.26. The molecule has 0 atom stereocenters. The summed E-state index contributed by atoms with van der Waals surface area (Å²) in [6, 6.07) is 8.00. The molecule has 1 aliphatic rings. The van der Waals surface area contributed by atoms with Crippen molar-refractivity contribution in [3.8, 4) is 0 Å². The summed E-state index contributed by atoms with van der Waals surface area (Å²) in [5.41, 5.74) is -1.34. The van der Waals surface area contributed by atoms with Crippen molar-refractivity contribution in [3.63, 3.8) is 0 Å². The molecule has 6 heteroatoms. The van der Waals surface area contributed by atoms with Gasteiger partial charge >= 0.3 is 11.9 Å². The summed E-state index contributed by atoms with van der Waals surface area (Å²) >= 11 is 0. The summed E-state index contributed by atoms with van der Waals surface area (Å²) in [5, 5.41) is 18.4. The summed E-state index contributed by atoms with van der Waals surface area (Å²) < 4.78 is 0. The zero-order chi connectivity index (χ0) is 16.0. The number of aromatic carboxylic acids is 2. The van der Waals surface area contributed by atoms with Crippen LogP contribution in [0.25, 0.3) is 0 Å². The number of carbonyl (C=O) groups is 4. The zero-order valence-electron chi connectivity index (χ0n) is 11.0. The third-order valence-corrected chi connectivity index (χ3v) is 3.54. The summed E-state index contributed by atoms with van der Waals surface area (Å²) in [6.45, 7) is 0. The molecule has 0 saturated heterocycles. The van der Waals surface area contributed by atoms with Gasteiger partial charge in [0, 0.05) is 22.3 Å². The summed E-state index contributed by atoms with van der Waals surface area (Å²) in [7, 11) is 0. The number of ketones is 2. The quantitative estimate of drug-likeness (QED) is 0.747. The Labute approximate surface area is 123 Å². The number of fused-ring (bicyclic) bond motifs is 2. The first-order valence-electron chi connectivity index (χ1n) is 6.25. The van der Waals surface area contributed by atoms with E-state index in [1.807, 2.05) is 0 Å². The Kier molecular flexibility index (Phi) is 2.88. The van der Waals surface area contributed by atoms with E-state index >= 15 is 0 Å². The minimum Gasteiger partial charge on any atom is -0.478 e. The van der Waals surface area contributed by atoms with Gasteiger partial charge in [-0.2, -0.15) is 0 Å². The maximum absolute atomic E-state index is 12.5. The molecule has 0 fully saturated rings. The highest BCUT2D eigenvalue weighted by molar-refractivity contribution is 6.32. The summed E-state index contributed by atoms with van der Waals surface area (Å²) in [4.78, 5) is 47.7. The lowest BCUT2D eigenvalue weighted by molar-refractivity contribution is 0.0676. The predicted molar refractivity (Wildman–Crippen MR) is 73.7 cm³/mol. The van der Waals surface area contributed by atoms with Gasteiger partial charge in [0.05, 0.1) is 11.1 Å². The highest BCUT2D eigenvalue weighted by Crippen LogP contribution is 2.32. The number of benzene rings is 2. The van der Waals surface area contributed by atoms with Crippen LogP contribution in [0.3, 0.4) is 0 Å². The first-order chi connectivity index (χ1) is 10.4. The van der Waals surface area contributed by atoms with Crippen LogP contribution in [0.15, 0.2) is 36.4 Å². The minimum absolute atomic E-state index is 0.0741. The van der Waals surface area contributed by atoms with E-state index in [-0.39, 0.29) is 33.4 Å². The third kappa shape index (κ3) is 1.74. The smallest absolute Gasteiger partial charge is 0.336 e. The topological polar surface area (TPSA) is 109 Å². The Balaban J connectivity index is 2.44. The molecular formula is C16H8O6. The Morgan fingerprint density at radius 3 is 1.36 bits per heavy atom. The molecule has 108 valence electrons. The molecule has 6 nitrogen and oxygen atoms in total. The number of hydrogen-bond donors (Lipinski definition) is 2. The lowest BCUT2D eigenvalue weighted by Gasteiger charge is -2.20. The molecule has 0 aromatic heterocycles. The van der Waals surface area contributed by atoms with Crippen LogP contribution in [0.1, 0.15) is 52.6 Å². The van der Waals surface area contributed by atoms with E-state index in [4.69, 9.17) is 0 Å². The zero-order valence-corrected chi connectivity index (χ0v) is 11.0. The Bertz CT molecular complexity index is 806. The van der Waals surface area contributed by atoms with Gasteiger partial charge in [-0.15, -0.1) is 0 Å². The Morgan fingerprint density at radius 2 is 1.05 bits per heavy atom. The molecule has 2 N–H and O–H groups in total. The fourth-order valence-corrected chi connectivity index (χ4v) is 2.58. The van der Waals surface area contributed by atoms with Crippen molar-refractivity contribution in [2.75, 3.05) is 0 Å². The SMILES string of the molecule is O=C(O)c1ccc(C(=O)O)c2c1C(=O)c1ccccc1C2=O. The molecule has 0 amide bonds. The fraction of sp³-hybridized carbons (Fsp3) is 0. The van der Waals surface area contributed by atoms with Crippen molar-refractivity contribution in [3.05, 3.63) is 69.8 Å². The van der Waals surface area contributed by atoms with E-state index in [9.17, 15) is 29.4 Å². The number of carboxylic acid groups (broad SMARTS) is 2. The largest absolute Gasteiger partial charge is 0.478 e. The number of rotatable bonds is 2. The van der Waals surface area contributed by atoms with Gasteiger partial charge in [0.25, 0.3) is 0 Å². The average Bonchev–Trinajstić information content (AvgIpc) is 2.51. The molecular weight excluding hydrogens is 288 g/mol. The predicted octanol–water partition coefficient (Wildman–Crippen LogP) is 1.86. The average molecular weight is 296 g/mol. The molecule has 1 aliphatic carbocycles. The van der Waals surface area contributed by atoms with E-state index < -0.39 is 23.5 Å². The molecule has 0 saturated carbocycles. The lowest BCUT2D eigenvalue weighted by atomic mass is 9.79. The molecule has 22 heavy (non-hydrogen) atoms. The molecule has 2 aromatic rings. The van der Waals surface area contributed by atoms with Crippen molar-refractivity contribution in [1.29, 1.82) is 0 Å². The van der Waals surface area contributed by atoms with E-state index in [0.29, 0.717) is 0 Å². The second kappa shape index (κ2) is 4.63. The Morgan fingerprint density at radius 1 is 0.682 bits per heavy atom. The minimum atomic E-state index is -1.39. The first kappa shape index (κ1) is 13.7. The summed E-state index contributed by atoms with van der Waals surface area (Å²) in [5.74, 6) is -4.11. The van der Waals surface area contributed by atoms with E-state index in [1.165, 1.54) is 12.1 Å². The highest BCUT2D eigenvalue weighted by atomic mass is 16.4. The van der Waals surface area contributed by atoms with Crippen LogP contribution in [0.5, 0.6) is 0 Å². The number of hydrogen-bond acceptors (Lipinski definition) is 4. The molecule has 3 rings (SSSR count). The van der Waals surface area contributed by atoms with Gasteiger partial charge in [0.1, 0.15) is 0 Å². The van der Waals surface area contributed by atoms with Crippen LogP contribution in [0, 0.1) is 0 Å². The first-order valence-corrected chi connectivity index (χ1v) is 6.25. The number of carboxylic acids is 2. The van der Waals surface area contributed by atoms with Crippen LogP contribution in [-0.2, 0) is 0 Å². The molecule has 0 bridgehead atoms. The molecule has 0 heterocycles. The molecule has 0 spiro atoms. The van der Waals surface area contributed by atoms with Crippen LogP contribution in [-0.4, -0.2) is 33.7 Å². The second-order valence-corrected chi connectivity index (χ2v) is 4.72. The van der Waals surface area contributed by atoms with Crippen molar-refractivity contribution in [2.24, 2.45) is 0 Å². The van der Waals surface area contributed by atoms with Gasteiger partial charge < -0.3 is 10.2 Å². The van der Waals surface area contributed by atoms with Gasteiger partial charge in [-0.3, -0.25) is 9.59 Å². The van der Waals surface area contributed by atoms with Crippen molar-refractivity contribution in [1.82, 2.24) is 0 Å². The standard InChI is InChI=1S/C16H8O6/c17-13-7-3-1-2-4-8(7)14(18)12-10(16(21)22)6-5-9(11(12)13)15(19)20/h1-6H,(H,19,20)(H,21,22). The van der Waals surface area contributed by atoms with E-state index in [0.717, 1.165) is 12.1 Å². The maximum Gasteiger partial charge on any atom is 0.336 e. The normalized spacial score (nSPS) is 12.5. The highest BCUT2D eigenvalue weighted by Gasteiger charge is 2.36. The van der Waals surface area contributed by atoms with Gasteiger partial charge in [-0.1, -0.05) is 24.3 Å². The van der Waals surface area contributed by atoms with Crippen molar-refractivity contribution >= 4 is 23.5 Å². The third-order valence-electron chi connectivity index (χ3n) is 3.54. The van der Waals surface area contributed by atoms with Crippen LogP contribution in [0.4, 0.5) is 0 Å². The monoisotopic (exact) mass is 296 g/mol.